The number of carbonyl (C=O) groups is 1. The van der Waals surface area contributed by atoms with E-state index in [0.717, 1.165) is 59.7 Å². The van der Waals surface area contributed by atoms with Crippen molar-refractivity contribution in [3.8, 4) is 34.6 Å². The van der Waals surface area contributed by atoms with E-state index < -0.39 is 0 Å². The molecule has 0 spiro atoms. The molecule has 4 heterocycles. The minimum Gasteiger partial charge on any atom is -0.457 e. The number of benzene rings is 2. The van der Waals surface area contributed by atoms with Crippen molar-refractivity contribution in [1.29, 1.82) is 0 Å². The summed E-state index contributed by atoms with van der Waals surface area (Å²) in [4.78, 5) is 25.8. The first-order chi connectivity index (χ1) is 19.2. The van der Waals surface area contributed by atoms with E-state index >= 15 is 0 Å². The molecule has 0 unspecified atom stereocenters. The normalized spacial score (nSPS) is 16.6. The molecule has 8 heteroatoms. The number of hydrogen-bond acceptors (Lipinski definition) is 6. The largest absolute Gasteiger partial charge is 0.457 e. The van der Waals surface area contributed by atoms with Crippen LogP contribution in [0.1, 0.15) is 38.1 Å². The number of hydrogen-bond donors (Lipinski definition) is 0. The van der Waals surface area contributed by atoms with Gasteiger partial charge in [0.15, 0.2) is 5.65 Å². The van der Waals surface area contributed by atoms with Crippen LogP contribution >= 0.6 is 0 Å². The third-order valence-corrected chi connectivity index (χ3v) is 7.52. The molecule has 2 aromatic carbocycles. The van der Waals surface area contributed by atoms with E-state index in [0.29, 0.717) is 19.6 Å². The highest BCUT2D eigenvalue weighted by Gasteiger charge is 2.26. The summed E-state index contributed by atoms with van der Waals surface area (Å²) in [7, 11) is 0. The molecule has 0 aliphatic carbocycles. The first-order valence-electron chi connectivity index (χ1n) is 13.8. The smallest absolute Gasteiger partial charge is 0.298 e. The molecule has 0 bridgehead atoms. The van der Waals surface area contributed by atoms with Crippen molar-refractivity contribution in [3.05, 3.63) is 67.1 Å². The number of carbonyl (C=O) groups excluding carboxylic acids is 1. The van der Waals surface area contributed by atoms with Gasteiger partial charge in [0.1, 0.15) is 23.5 Å². The summed E-state index contributed by atoms with van der Waals surface area (Å²) in [5.74, 6) is 7.46. The summed E-state index contributed by atoms with van der Waals surface area (Å²) in [6.07, 6.45) is 8.77. The number of aromatic nitrogens is 4. The summed E-state index contributed by atoms with van der Waals surface area (Å²) < 4.78 is 7.97. The Hall–Kier alpha value is -4.22. The highest BCUT2D eigenvalue weighted by Crippen LogP contribution is 2.33. The Bertz CT molecular complexity index is 1470. The summed E-state index contributed by atoms with van der Waals surface area (Å²) >= 11 is 0. The van der Waals surface area contributed by atoms with Gasteiger partial charge in [0.25, 0.3) is 5.91 Å². The molecule has 0 saturated carbocycles. The van der Waals surface area contributed by atoms with E-state index in [4.69, 9.17) is 9.84 Å². The van der Waals surface area contributed by atoms with Gasteiger partial charge in [-0.05, 0) is 81.1 Å². The van der Waals surface area contributed by atoms with Crippen molar-refractivity contribution in [1.82, 2.24) is 29.5 Å². The quantitative estimate of drug-likeness (QED) is 0.347. The van der Waals surface area contributed by atoms with Gasteiger partial charge in [0, 0.05) is 24.8 Å². The number of para-hydroxylation sites is 1. The highest BCUT2D eigenvalue weighted by atomic mass is 16.5. The minimum atomic E-state index is -0.0726. The third kappa shape index (κ3) is 5.79. The number of nitrogens with zero attached hydrogens (tertiary/aromatic N) is 6. The molecule has 2 aromatic heterocycles. The Morgan fingerprint density at radius 1 is 0.923 bits per heavy atom. The third-order valence-electron chi connectivity index (χ3n) is 7.52. The van der Waals surface area contributed by atoms with Crippen molar-refractivity contribution in [2.45, 2.75) is 38.1 Å². The van der Waals surface area contributed by atoms with E-state index in [1.165, 1.54) is 19.3 Å². The maximum absolute atomic E-state index is 12.7. The molecule has 8 nitrogen and oxygen atoms in total. The van der Waals surface area contributed by atoms with E-state index in [2.05, 4.69) is 26.7 Å². The van der Waals surface area contributed by atoms with Crippen LogP contribution in [0.2, 0.25) is 0 Å². The molecule has 2 aliphatic heterocycles. The van der Waals surface area contributed by atoms with Gasteiger partial charge in [-0.2, -0.15) is 5.10 Å². The van der Waals surface area contributed by atoms with Gasteiger partial charge in [-0.25, -0.2) is 14.6 Å². The van der Waals surface area contributed by atoms with Crippen LogP contribution in [0, 0.1) is 11.8 Å². The predicted octanol–water partition coefficient (Wildman–Crippen LogP) is 4.94. The Morgan fingerprint density at radius 2 is 1.67 bits per heavy atom. The van der Waals surface area contributed by atoms with Crippen molar-refractivity contribution in [2.75, 3.05) is 32.7 Å². The molecular weight excluding hydrogens is 488 g/mol. The fourth-order valence-electron chi connectivity index (χ4n) is 5.39. The van der Waals surface area contributed by atoms with E-state index in [1.807, 2.05) is 70.4 Å². The van der Waals surface area contributed by atoms with Crippen molar-refractivity contribution >= 4 is 16.9 Å². The number of fused-ring (bicyclic) bond motifs is 1. The second-order valence-corrected chi connectivity index (χ2v) is 10.2. The number of piperidine rings is 2. The molecule has 198 valence electrons. The summed E-state index contributed by atoms with van der Waals surface area (Å²) in [6.45, 7) is 4.18. The summed E-state index contributed by atoms with van der Waals surface area (Å²) in [5.41, 5.74) is 2.64. The number of amides is 1. The van der Waals surface area contributed by atoms with Gasteiger partial charge < -0.3 is 9.64 Å². The van der Waals surface area contributed by atoms with E-state index in [1.54, 1.807) is 6.33 Å². The van der Waals surface area contributed by atoms with Crippen LogP contribution < -0.4 is 4.74 Å². The van der Waals surface area contributed by atoms with Crippen molar-refractivity contribution < 1.29 is 9.53 Å². The average Bonchev–Trinajstić information content (AvgIpc) is 3.38. The van der Waals surface area contributed by atoms with Gasteiger partial charge in [0.05, 0.1) is 18.0 Å². The molecule has 2 fully saturated rings. The average molecular weight is 521 g/mol. The first-order valence-corrected chi connectivity index (χ1v) is 13.8. The van der Waals surface area contributed by atoms with Gasteiger partial charge in [-0.15, -0.1) is 0 Å². The maximum Gasteiger partial charge on any atom is 0.298 e. The fourth-order valence-corrected chi connectivity index (χ4v) is 5.39. The van der Waals surface area contributed by atoms with Crippen LogP contribution in [-0.4, -0.2) is 68.2 Å². The van der Waals surface area contributed by atoms with E-state index in [9.17, 15) is 4.79 Å². The SMILES string of the molecule is O=C(C#CCN1CCCCC1)N1CCC(n2nc(-c3ccc(Oc4ccccc4)cc3)c3cncnc32)CC1. The zero-order valence-corrected chi connectivity index (χ0v) is 22.0. The molecule has 1 amide bonds. The molecular formula is C31H32N6O2. The van der Waals surface area contributed by atoms with Crippen LogP contribution in [0.4, 0.5) is 0 Å². The Labute approximate surface area is 228 Å². The molecule has 39 heavy (non-hydrogen) atoms. The zero-order chi connectivity index (χ0) is 26.4. The molecule has 2 saturated heterocycles. The lowest BCUT2D eigenvalue weighted by molar-refractivity contribution is -0.126. The lowest BCUT2D eigenvalue weighted by Gasteiger charge is -2.31. The van der Waals surface area contributed by atoms with Crippen LogP contribution in [0.15, 0.2) is 67.1 Å². The molecule has 2 aliphatic rings. The second-order valence-electron chi connectivity index (χ2n) is 10.2. The lowest BCUT2D eigenvalue weighted by atomic mass is 10.1. The molecule has 6 rings (SSSR count). The van der Waals surface area contributed by atoms with Crippen molar-refractivity contribution in [3.63, 3.8) is 0 Å². The topological polar surface area (TPSA) is 76.4 Å². The molecule has 4 aromatic rings. The highest BCUT2D eigenvalue weighted by molar-refractivity contribution is 5.93. The second kappa shape index (κ2) is 11.7. The van der Waals surface area contributed by atoms with Crippen molar-refractivity contribution in [2.24, 2.45) is 0 Å². The van der Waals surface area contributed by atoms with Crippen LogP contribution in [0.3, 0.4) is 0 Å². The zero-order valence-electron chi connectivity index (χ0n) is 22.0. The Morgan fingerprint density at radius 3 is 2.44 bits per heavy atom. The molecule has 0 atom stereocenters. The minimum absolute atomic E-state index is 0.0726. The number of likely N-dealkylation sites (tertiary alicyclic amines) is 2. The van der Waals surface area contributed by atoms with Gasteiger partial charge >= 0.3 is 0 Å². The monoisotopic (exact) mass is 520 g/mol. The van der Waals surface area contributed by atoms with Gasteiger partial charge in [0.2, 0.25) is 0 Å². The van der Waals surface area contributed by atoms with Crippen LogP contribution in [0.5, 0.6) is 11.5 Å². The maximum atomic E-state index is 12.7. The van der Waals surface area contributed by atoms with E-state index in [-0.39, 0.29) is 11.9 Å². The lowest BCUT2D eigenvalue weighted by Crippen LogP contribution is -2.38. The van der Waals surface area contributed by atoms with Gasteiger partial charge in [-0.1, -0.05) is 30.5 Å². The number of ether oxygens (including phenoxy) is 1. The number of rotatable bonds is 5. The molecule has 0 radical (unpaired) electrons. The molecule has 0 N–H and O–H groups in total. The first kappa shape index (κ1) is 25.1. The van der Waals surface area contributed by atoms with Crippen LogP contribution in [-0.2, 0) is 4.79 Å². The summed E-state index contributed by atoms with van der Waals surface area (Å²) in [6, 6.07) is 17.8. The summed E-state index contributed by atoms with van der Waals surface area (Å²) in [5, 5.41) is 5.92. The van der Waals surface area contributed by atoms with Crippen LogP contribution in [0.25, 0.3) is 22.3 Å². The Balaban J connectivity index is 1.13. The van der Waals surface area contributed by atoms with Gasteiger partial charge in [-0.3, -0.25) is 9.69 Å². The standard InChI is InChI=1S/C31H32N6O2/c38-29(10-7-19-35-17-5-2-6-18-35)36-20-15-25(16-21-36)37-31-28(22-32-23-33-31)30(34-37)24-11-13-27(14-12-24)39-26-8-3-1-4-9-26/h1,3-4,8-9,11-14,22-23,25H,2,5-6,15-21H2. The predicted molar refractivity (Wildman–Crippen MR) is 150 cm³/mol. The fraction of sp³-hybridized carbons (Fsp3) is 0.355. The Kier molecular flexibility index (Phi) is 7.50.